The monoisotopic (exact) mass is 238 g/mol. The van der Waals surface area contributed by atoms with Crippen LogP contribution >= 0.6 is 0 Å². The Bertz CT molecular complexity index is 267. The Balaban J connectivity index is 1.80. The molecule has 1 aliphatic carbocycles. The molecule has 3 nitrogen and oxygen atoms in total. The molecule has 2 rings (SSSR count). The summed E-state index contributed by atoms with van der Waals surface area (Å²) in [5.41, 5.74) is 0.413. The maximum atomic E-state index is 12.1. The summed E-state index contributed by atoms with van der Waals surface area (Å²) in [7, 11) is 0. The lowest BCUT2D eigenvalue weighted by Crippen LogP contribution is -2.44. The quantitative estimate of drug-likeness (QED) is 0.748. The lowest BCUT2D eigenvalue weighted by molar-refractivity contribution is 0.195. The number of nitrogens with one attached hydrogen (secondary N) is 1. The SMILES string of the molecule is CC1(C)CCC(NC(=O)N2CCCCCC2)C1. The van der Waals surface area contributed by atoms with Crippen LogP contribution in [0.4, 0.5) is 4.79 Å². The number of nitrogens with zero attached hydrogens (tertiary/aromatic N) is 1. The molecule has 17 heavy (non-hydrogen) atoms. The summed E-state index contributed by atoms with van der Waals surface area (Å²) in [5, 5.41) is 3.22. The van der Waals surface area contributed by atoms with Crippen LogP contribution in [0.2, 0.25) is 0 Å². The average Bonchev–Trinajstić information content (AvgIpc) is 2.52. The van der Waals surface area contributed by atoms with Crippen LogP contribution in [0.25, 0.3) is 0 Å². The average molecular weight is 238 g/mol. The third kappa shape index (κ3) is 3.62. The van der Waals surface area contributed by atoms with Crippen LogP contribution in [0.5, 0.6) is 0 Å². The van der Waals surface area contributed by atoms with Crippen molar-refractivity contribution in [3.8, 4) is 0 Å². The van der Waals surface area contributed by atoms with Crippen molar-refractivity contribution >= 4 is 6.03 Å². The number of amides is 2. The number of hydrogen-bond acceptors (Lipinski definition) is 1. The van der Waals surface area contributed by atoms with Gasteiger partial charge in [0, 0.05) is 19.1 Å². The zero-order chi connectivity index (χ0) is 12.3. The Morgan fingerprint density at radius 1 is 1.18 bits per heavy atom. The summed E-state index contributed by atoms with van der Waals surface area (Å²) in [5.74, 6) is 0. The second-order valence-electron chi connectivity index (χ2n) is 6.45. The molecule has 0 aromatic rings. The molecule has 1 saturated heterocycles. The van der Waals surface area contributed by atoms with E-state index in [1.807, 2.05) is 4.90 Å². The minimum atomic E-state index is 0.176. The standard InChI is InChI=1S/C14H26N2O/c1-14(2)8-7-12(11-14)15-13(17)16-9-5-3-4-6-10-16/h12H,3-11H2,1-2H3,(H,15,17). The molecule has 0 aromatic carbocycles. The van der Waals surface area contributed by atoms with Gasteiger partial charge in [-0.1, -0.05) is 26.7 Å². The van der Waals surface area contributed by atoms with Crippen LogP contribution in [0.1, 0.15) is 58.8 Å². The Labute approximate surface area is 105 Å². The van der Waals surface area contributed by atoms with E-state index >= 15 is 0 Å². The first-order valence-corrected chi connectivity index (χ1v) is 7.12. The van der Waals surface area contributed by atoms with E-state index in [9.17, 15) is 4.79 Å². The predicted molar refractivity (Wildman–Crippen MR) is 70.0 cm³/mol. The number of rotatable bonds is 1. The van der Waals surface area contributed by atoms with Crippen molar-refractivity contribution in [1.82, 2.24) is 10.2 Å². The highest BCUT2D eigenvalue weighted by molar-refractivity contribution is 5.74. The van der Waals surface area contributed by atoms with Crippen LogP contribution in [-0.2, 0) is 0 Å². The Kier molecular flexibility index (Phi) is 3.95. The lowest BCUT2D eigenvalue weighted by atomic mass is 9.92. The van der Waals surface area contributed by atoms with Crippen molar-refractivity contribution in [1.29, 1.82) is 0 Å². The van der Waals surface area contributed by atoms with Gasteiger partial charge in [0.1, 0.15) is 0 Å². The highest BCUT2D eigenvalue weighted by Crippen LogP contribution is 2.36. The summed E-state index contributed by atoms with van der Waals surface area (Å²) in [4.78, 5) is 14.1. The van der Waals surface area contributed by atoms with E-state index in [4.69, 9.17) is 0 Å². The lowest BCUT2D eigenvalue weighted by Gasteiger charge is -2.24. The molecule has 3 heteroatoms. The molecular weight excluding hydrogens is 212 g/mol. The van der Waals surface area contributed by atoms with Crippen LogP contribution in [0.15, 0.2) is 0 Å². The maximum absolute atomic E-state index is 12.1. The number of hydrogen-bond donors (Lipinski definition) is 1. The molecule has 1 heterocycles. The summed E-state index contributed by atoms with van der Waals surface area (Å²) in [6.45, 7) is 6.49. The topological polar surface area (TPSA) is 32.3 Å². The molecule has 1 atom stereocenters. The molecule has 1 unspecified atom stereocenters. The second-order valence-corrected chi connectivity index (χ2v) is 6.45. The summed E-state index contributed by atoms with van der Waals surface area (Å²) >= 11 is 0. The van der Waals surface area contributed by atoms with E-state index in [1.165, 1.54) is 32.1 Å². The van der Waals surface area contributed by atoms with E-state index in [0.29, 0.717) is 11.5 Å². The fraction of sp³-hybridized carbons (Fsp3) is 0.929. The Morgan fingerprint density at radius 3 is 2.35 bits per heavy atom. The molecule has 2 aliphatic rings. The van der Waals surface area contributed by atoms with Crippen LogP contribution < -0.4 is 5.32 Å². The van der Waals surface area contributed by atoms with Gasteiger partial charge in [-0.15, -0.1) is 0 Å². The first-order valence-electron chi connectivity index (χ1n) is 7.12. The molecule has 2 amide bonds. The van der Waals surface area contributed by atoms with Gasteiger partial charge in [0.2, 0.25) is 0 Å². The Morgan fingerprint density at radius 2 is 1.82 bits per heavy atom. The van der Waals surface area contributed by atoms with Gasteiger partial charge in [-0.2, -0.15) is 0 Å². The zero-order valence-electron chi connectivity index (χ0n) is 11.3. The van der Waals surface area contributed by atoms with Gasteiger partial charge >= 0.3 is 6.03 Å². The molecule has 1 aliphatic heterocycles. The van der Waals surface area contributed by atoms with Gasteiger partial charge < -0.3 is 10.2 Å². The molecule has 98 valence electrons. The van der Waals surface area contributed by atoms with Gasteiger partial charge in [-0.05, 0) is 37.5 Å². The molecule has 0 spiro atoms. The smallest absolute Gasteiger partial charge is 0.317 e. The molecule has 2 fully saturated rings. The van der Waals surface area contributed by atoms with E-state index in [-0.39, 0.29) is 6.03 Å². The minimum absolute atomic E-state index is 0.176. The number of likely N-dealkylation sites (tertiary alicyclic amines) is 1. The predicted octanol–water partition coefficient (Wildman–Crippen LogP) is 3.15. The third-order valence-electron chi connectivity index (χ3n) is 4.19. The van der Waals surface area contributed by atoms with Crippen LogP contribution in [0, 0.1) is 5.41 Å². The van der Waals surface area contributed by atoms with Crippen LogP contribution in [-0.4, -0.2) is 30.1 Å². The zero-order valence-corrected chi connectivity index (χ0v) is 11.3. The van der Waals surface area contributed by atoms with Crippen molar-refractivity contribution in [2.24, 2.45) is 5.41 Å². The fourth-order valence-electron chi connectivity index (χ4n) is 3.10. The molecule has 1 saturated carbocycles. The van der Waals surface area contributed by atoms with Crippen molar-refractivity contribution in [3.63, 3.8) is 0 Å². The first kappa shape index (κ1) is 12.7. The fourth-order valence-corrected chi connectivity index (χ4v) is 3.10. The van der Waals surface area contributed by atoms with Gasteiger partial charge in [-0.25, -0.2) is 4.79 Å². The highest BCUT2D eigenvalue weighted by atomic mass is 16.2. The largest absolute Gasteiger partial charge is 0.335 e. The number of carbonyl (C=O) groups is 1. The van der Waals surface area contributed by atoms with Gasteiger partial charge in [0.05, 0.1) is 0 Å². The Hall–Kier alpha value is -0.730. The van der Waals surface area contributed by atoms with E-state index in [0.717, 1.165) is 25.9 Å². The van der Waals surface area contributed by atoms with E-state index < -0.39 is 0 Å². The molecular formula is C14H26N2O. The highest BCUT2D eigenvalue weighted by Gasteiger charge is 2.32. The van der Waals surface area contributed by atoms with E-state index in [1.54, 1.807) is 0 Å². The van der Waals surface area contributed by atoms with Gasteiger partial charge in [0.15, 0.2) is 0 Å². The van der Waals surface area contributed by atoms with Crippen LogP contribution in [0.3, 0.4) is 0 Å². The summed E-state index contributed by atoms with van der Waals surface area (Å²) in [6.07, 6.45) is 8.41. The molecule has 0 radical (unpaired) electrons. The van der Waals surface area contributed by atoms with Crippen molar-refractivity contribution in [3.05, 3.63) is 0 Å². The first-order chi connectivity index (χ1) is 8.07. The minimum Gasteiger partial charge on any atom is -0.335 e. The summed E-state index contributed by atoms with van der Waals surface area (Å²) in [6, 6.07) is 0.579. The number of urea groups is 1. The number of carbonyl (C=O) groups excluding carboxylic acids is 1. The van der Waals surface area contributed by atoms with Gasteiger partial charge in [0.25, 0.3) is 0 Å². The van der Waals surface area contributed by atoms with E-state index in [2.05, 4.69) is 19.2 Å². The third-order valence-corrected chi connectivity index (χ3v) is 4.19. The molecule has 0 aromatic heterocycles. The summed E-state index contributed by atoms with van der Waals surface area (Å²) < 4.78 is 0. The molecule has 1 N–H and O–H groups in total. The normalized spacial score (nSPS) is 28.8. The molecule has 0 bridgehead atoms. The van der Waals surface area contributed by atoms with Crippen molar-refractivity contribution < 1.29 is 4.79 Å². The second kappa shape index (κ2) is 5.28. The van der Waals surface area contributed by atoms with Crippen molar-refractivity contribution in [2.75, 3.05) is 13.1 Å². The van der Waals surface area contributed by atoms with Gasteiger partial charge in [-0.3, -0.25) is 0 Å². The van der Waals surface area contributed by atoms with Crippen molar-refractivity contribution in [2.45, 2.75) is 64.8 Å². The maximum Gasteiger partial charge on any atom is 0.317 e.